The van der Waals surface area contributed by atoms with Gasteiger partial charge in [0.15, 0.2) is 0 Å². The molecule has 0 bridgehead atoms. The molecule has 1 rings (SSSR count). The number of rotatable bonds is 16. The third-order valence-corrected chi connectivity index (χ3v) is 9.70. The Morgan fingerprint density at radius 2 is 1.57 bits per heavy atom. The van der Waals surface area contributed by atoms with Gasteiger partial charge in [0.05, 0.1) is 12.6 Å². The smallest absolute Gasteiger partial charge is 0.369 e. The number of hydrogen-bond acceptors (Lipinski definition) is 7. The van der Waals surface area contributed by atoms with Crippen molar-refractivity contribution in [2.75, 3.05) is 49.9 Å². The molecule has 0 radical (unpaired) electrons. The van der Waals surface area contributed by atoms with Gasteiger partial charge in [0.2, 0.25) is 11.8 Å². The molecule has 1 atom stereocenters. The molecule has 13 nitrogen and oxygen atoms in total. The standard InChI is InChI=1S/C20H34Cl2N4O9P2/c1-25(14-18(27)24-10-2-7-20(29,36(30,31)32)37(33,34)35)19(28)17(23)13-15-3-5-16(6-4-15)26(11-8-21)12-9-22/h3-6,17,29H,2,7-14,23H2,1H3,(H,24,27)(H2,30,31,32)(H2,33,34,35)/t17-/m0/s1. The summed E-state index contributed by atoms with van der Waals surface area (Å²) in [7, 11) is -9.75. The van der Waals surface area contributed by atoms with Crippen molar-refractivity contribution in [2.24, 2.45) is 5.73 Å². The minimum absolute atomic E-state index is 0.222. The SMILES string of the molecule is CN(CC(=O)NCCCC(O)(P(=O)(O)O)P(=O)(O)O)C(=O)[C@@H](N)Cc1ccc(N(CCCl)CCCl)cc1. The van der Waals surface area contributed by atoms with Crippen LogP contribution >= 0.6 is 38.4 Å². The zero-order valence-corrected chi connectivity index (χ0v) is 23.5. The topological polar surface area (TPSA) is 214 Å². The third kappa shape index (κ3) is 10.1. The molecule has 37 heavy (non-hydrogen) atoms. The third-order valence-electron chi connectivity index (χ3n) is 5.48. The van der Waals surface area contributed by atoms with Gasteiger partial charge in [-0.15, -0.1) is 23.2 Å². The van der Waals surface area contributed by atoms with Crippen molar-refractivity contribution in [3.8, 4) is 0 Å². The highest BCUT2D eigenvalue weighted by atomic mass is 35.5. The lowest BCUT2D eigenvalue weighted by Gasteiger charge is -2.29. The van der Waals surface area contributed by atoms with Crippen molar-refractivity contribution >= 4 is 55.9 Å². The summed E-state index contributed by atoms with van der Waals surface area (Å²) < 4.78 is 22.7. The maximum absolute atomic E-state index is 12.6. The molecule has 0 saturated carbocycles. The molecule has 0 aliphatic carbocycles. The van der Waals surface area contributed by atoms with Crippen molar-refractivity contribution in [1.29, 1.82) is 0 Å². The summed E-state index contributed by atoms with van der Waals surface area (Å²) >= 11 is 11.7. The van der Waals surface area contributed by atoms with Crippen LogP contribution in [0.2, 0.25) is 0 Å². The Morgan fingerprint density at radius 1 is 1.05 bits per heavy atom. The van der Waals surface area contributed by atoms with E-state index < -0.39 is 44.6 Å². The van der Waals surface area contributed by atoms with Crippen LogP contribution in [0.15, 0.2) is 24.3 Å². The van der Waals surface area contributed by atoms with E-state index in [1.54, 1.807) is 0 Å². The molecule has 1 aromatic rings. The predicted octanol–water partition coefficient (Wildman–Crippen LogP) is 0.197. The van der Waals surface area contributed by atoms with Gasteiger partial charge in [-0.3, -0.25) is 18.7 Å². The van der Waals surface area contributed by atoms with Gasteiger partial charge in [-0.2, -0.15) is 0 Å². The molecule has 2 amide bonds. The van der Waals surface area contributed by atoms with E-state index in [1.807, 2.05) is 29.2 Å². The van der Waals surface area contributed by atoms with Gasteiger partial charge < -0.3 is 45.5 Å². The maximum atomic E-state index is 12.6. The van der Waals surface area contributed by atoms with E-state index in [4.69, 9.17) is 48.5 Å². The van der Waals surface area contributed by atoms with Crippen LogP contribution in [-0.2, 0) is 25.1 Å². The first-order valence-corrected chi connectivity index (χ1v) is 15.4. The molecule has 0 spiro atoms. The Kier molecular flexibility index (Phi) is 13.5. The van der Waals surface area contributed by atoms with Gasteiger partial charge in [0.1, 0.15) is 0 Å². The first-order valence-electron chi connectivity index (χ1n) is 11.1. The van der Waals surface area contributed by atoms with Gasteiger partial charge in [-0.05, 0) is 30.5 Å². The van der Waals surface area contributed by atoms with Crippen molar-refractivity contribution in [1.82, 2.24) is 10.2 Å². The molecule has 0 aliphatic rings. The number of likely N-dealkylation sites (N-methyl/N-ethyl adjacent to an activating group) is 1. The number of carbonyl (C=O) groups excluding carboxylic acids is 2. The Labute approximate surface area is 225 Å². The quantitative estimate of drug-likeness (QED) is 0.0766. The van der Waals surface area contributed by atoms with E-state index in [0.29, 0.717) is 24.8 Å². The van der Waals surface area contributed by atoms with E-state index in [2.05, 4.69) is 5.32 Å². The minimum Gasteiger partial charge on any atom is -0.369 e. The number of alkyl halides is 2. The number of anilines is 1. The molecule has 0 unspecified atom stereocenters. The number of hydrogen-bond donors (Lipinski definition) is 7. The Hall–Kier alpha value is -1.24. The molecular formula is C20H34Cl2N4O9P2. The summed E-state index contributed by atoms with van der Waals surface area (Å²) in [5.74, 6) is -0.244. The van der Waals surface area contributed by atoms with Gasteiger partial charge in [0, 0.05) is 50.6 Å². The molecule has 0 aromatic heterocycles. The van der Waals surface area contributed by atoms with E-state index in [9.17, 15) is 23.8 Å². The fourth-order valence-corrected chi connectivity index (χ4v) is 6.07. The van der Waals surface area contributed by atoms with Gasteiger partial charge >= 0.3 is 15.2 Å². The Bertz CT molecular complexity index is 963. The average Bonchev–Trinajstić information content (AvgIpc) is 2.80. The van der Waals surface area contributed by atoms with Crippen LogP contribution < -0.4 is 16.0 Å². The van der Waals surface area contributed by atoms with Gasteiger partial charge in [-0.25, -0.2) is 0 Å². The lowest BCUT2D eigenvalue weighted by molar-refractivity contribution is -0.135. The van der Waals surface area contributed by atoms with Gasteiger partial charge in [0.25, 0.3) is 5.08 Å². The van der Waals surface area contributed by atoms with Crippen LogP contribution in [0.1, 0.15) is 18.4 Å². The normalized spacial score (nSPS) is 13.2. The zero-order chi connectivity index (χ0) is 28.4. The Balaban J connectivity index is 2.58. The molecule has 17 heteroatoms. The Morgan fingerprint density at radius 3 is 2.03 bits per heavy atom. The van der Waals surface area contributed by atoms with Crippen LogP contribution in [0.25, 0.3) is 0 Å². The monoisotopic (exact) mass is 606 g/mol. The van der Waals surface area contributed by atoms with Gasteiger partial charge in [-0.1, -0.05) is 12.1 Å². The van der Waals surface area contributed by atoms with E-state index in [1.165, 1.54) is 7.05 Å². The summed E-state index contributed by atoms with van der Waals surface area (Å²) in [4.78, 5) is 64.3. The highest BCUT2D eigenvalue weighted by Crippen LogP contribution is 2.69. The second-order valence-electron chi connectivity index (χ2n) is 8.35. The molecule has 212 valence electrons. The second kappa shape index (κ2) is 14.8. The molecule has 0 aliphatic heterocycles. The predicted molar refractivity (Wildman–Crippen MR) is 141 cm³/mol. The number of amides is 2. The molecule has 0 heterocycles. The van der Waals surface area contributed by atoms with E-state index >= 15 is 0 Å². The summed E-state index contributed by atoms with van der Waals surface area (Å²) in [5, 5.41) is 8.63. The highest BCUT2D eigenvalue weighted by Gasteiger charge is 2.58. The zero-order valence-electron chi connectivity index (χ0n) is 20.2. The first kappa shape index (κ1) is 33.8. The van der Waals surface area contributed by atoms with Crippen LogP contribution in [0.5, 0.6) is 0 Å². The number of nitrogens with two attached hydrogens (primary N) is 1. The van der Waals surface area contributed by atoms with Crippen molar-refractivity contribution in [2.45, 2.75) is 30.4 Å². The number of halogens is 2. The highest BCUT2D eigenvalue weighted by molar-refractivity contribution is 7.72. The number of benzene rings is 1. The number of nitrogens with zero attached hydrogens (tertiary/aromatic N) is 2. The summed E-state index contributed by atoms with van der Waals surface area (Å²) in [6.45, 7) is 0.629. The summed E-state index contributed by atoms with van der Waals surface area (Å²) in [6.07, 6.45) is -1.09. The van der Waals surface area contributed by atoms with Crippen LogP contribution in [0.3, 0.4) is 0 Å². The molecule has 0 fully saturated rings. The number of carbonyl (C=O) groups is 2. The van der Waals surface area contributed by atoms with E-state index in [-0.39, 0.29) is 25.9 Å². The molecule has 0 saturated heterocycles. The second-order valence-corrected chi connectivity index (χ2v) is 13.1. The van der Waals surface area contributed by atoms with Crippen LogP contribution in [0.4, 0.5) is 5.69 Å². The van der Waals surface area contributed by atoms with Crippen molar-refractivity contribution < 1.29 is 43.4 Å². The fraction of sp³-hybridized carbons (Fsp3) is 0.600. The minimum atomic E-state index is -5.56. The maximum Gasteiger partial charge on any atom is 0.369 e. The molecular weight excluding hydrogens is 573 g/mol. The van der Waals surface area contributed by atoms with Crippen molar-refractivity contribution in [3.63, 3.8) is 0 Å². The lowest BCUT2D eigenvalue weighted by Crippen LogP contribution is -2.47. The van der Waals surface area contributed by atoms with E-state index in [0.717, 1.165) is 16.2 Å². The van der Waals surface area contributed by atoms with Crippen LogP contribution in [-0.4, -0.2) is 97.5 Å². The summed E-state index contributed by atoms with van der Waals surface area (Å²) in [5.41, 5.74) is 7.76. The largest absolute Gasteiger partial charge is 0.369 e. The van der Waals surface area contributed by atoms with Crippen LogP contribution in [0, 0.1) is 0 Å². The number of nitrogens with one attached hydrogen (secondary N) is 1. The molecule has 1 aromatic carbocycles. The summed E-state index contributed by atoms with van der Waals surface area (Å²) in [6, 6.07) is 6.50. The molecule has 8 N–H and O–H groups in total. The first-order chi connectivity index (χ1) is 17.1. The lowest BCUT2D eigenvalue weighted by atomic mass is 10.0. The number of aliphatic hydroxyl groups is 1. The van der Waals surface area contributed by atoms with Crippen molar-refractivity contribution in [3.05, 3.63) is 29.8 Å². The average molecular weight is 607 g/mol. The fourth-order valence-electron chi connectivity index (χ4n) is 3.40.